The third-order valence-corrected chi connectivity index (χ3v) is 3.78. The average molecular weight is 330 g/mol. The number of aromatic nitrogens is 2. The highest BCUT2D eigenvalue weighted by atomic mass is 19.4. The molecular formula is C15H17F3N2O3. The van der Waals surface area contributed by atoms with Crippen LogP contribution in [-0.4, -0.2) is 16.2 Å². The molecule has 5 nitrogen and oxygen atoms in total. The van der Waals surface area contributed by atoms with Gasteiger partial charge in [0, 0.05) is 19.7 Å². The fourth-order valence-electron chi connectivity index (χ4n) is 2.49. The van der Waals surface area contributed by atoms with Crippen LogP contribution in [0.5, 0.6) is 0 Å². The molecule has 8 heteroatoms. The summed E-state index contributed by atoms with van der Waals surface area (Å²) in [7, 11) is 2.54. The molecule has 1 aromatic rings. The Bertz CT molecular complexity index is 757. The summed E-state index contributed by atoms with van der Waals surface area (Å²) in [6.45, 7) is 0.0512. The summed E-state index contributed by atoms with van der Waals surface area (Å²) in [4.78, 5) is 23.9. The molecule has 0 bridgehead atoms. The summed E-state index contributed by atoms with van der Waals surface area (Å²) in [6, 6.07) is 0.457. The van der Waals surface area contributed by atoms with Gasteiger partial charge in [-0.15, -0.1) is 0 Å². The first kappa shape index (κ1) is 17.1. The second-order valence-electron chi connectivity index (χ2n) is 5.32. The minimum absolute atomic E-state index is 0.0512. The number of ether oxygens (including phenoxy) is 1. The summed E-state index contributed by atoms with van der Waals surface area (Å²) in [5, 5.41) is 0. The number of hydrogen-bond donors (Lipinski definition) is 0. The Balaban J connectivity index is 2.24. The number of alkyl halides is 3. The normalized spacial score (nSPS) is 18.0. The molecule has 1 heterocycles. The molecule has 1 unspecified atom stereocenters. The number of nitrogens with zero attached hydrogens (tertiary/aromatic N) is 2. The molecule has 1 aliphatic rings. The second-order valence-corrected chi connectivity index (χ2v) is 5.32. The van der Waals surface area contributed by atoms with Crippen molar-refractivity contribution in [3.63, 3.8) is 0 Å². The topological polar surface area (TPSA) is 53.2 Å². The molecule has 0 N–H and O–H groups in total. The van der Waals surface area contributed by atoms with Gasteiger partial charge in [-0.25, -0.2) is 4.79 Å². The van der Waals surface area contributed by atoms with Gasteiger partial charge in [0.05, 0.1) is 7.11 Å². The monoisotopic (exact) mass is 330 g/mol. The van der Waals surface area contributed by atoms with Crippen molar-refractivity contribution in [2.45, 2.75) is 25.6 Å². The molecule has 0 spiro atoms. The largest absolute Gasteiger partial charge is 0.497 e. The zero-order valence-electron chi connectivity index (χ0n) is 12.8. The number of halogens is 3. The molecule has 0 fully saturated rings. The highest BCUT2D eigenvalue weighted by Crippen LogP contribution is 2.27. The van der Waals surface area contributed by atoms with E-state index in [1.807, 2.05) is 18.2 Å². The smallest absolute Gasteiger partial charge is 0.431 e. The van der Waals surface area contributed by atoms with E-state index in [2.05, 4.69) is 0 Å². The zero-order chi connectivity index (χ0) is 17.2. The van der Waals surface area contributed by atoms with Crippen LogP contribution in [0, 0.1) is 5.92 Å². The molecule has 0 aliphatic heterocycles. The van der Waals surface area contributed by atoms with Crippen molar-refractivity contribution in [2.75, 3.05) is 7.11 Å². The average Bonchev–Trinajstić information content (AvgIpc) is 2.50. The van der Waals surface area contributed by atoms with Crippen molar-refractivity contribution in [3.8, 4) is 0 Å². The molecular weight excluding hydrogens is 313 g/mol. The number of rotatable bonds is 4. The van der Waals surface area contributed by atoms with Gasteiger partial charge in [-0.1, -0.05) is 6.08 Å². The van der Waals surface area contributed by atoms with Crippen molar-refractivity contribution >= 4 is 0 Å². The Hall–Kier alpha value is -2.25. The zero-order valence-corrected chi connectivity index (χ0v) is 12.8. The lowest BCUT2D eigenvalue weighted by Gasteiger charge is -2.17. The second kappa shape index (κ2) is 6.47. The molecule has 1 atom stereocenters. The Kier molecular flexibility index (Phi) is 4.82. The van der Waals surface area contributed by atoms with Crippen LogP contribution >= 0.6 is 0 Å². The molecule has 0 saturated heterocycles. The maximum Gasteiger partial charge on any atom is 0.431 e. The summed E-state index contributed by atoms with van der Waals surface area (Å²) in [5.41, 5.74) is -3.15. The molecule has 0 amide bonds. The van der Waals surface area contributed by atoms with Gasteiger partial charge in [-0.2, -0.15) is 13.2 Å². The Morgan fingerprint density at radius 1 is 1.35 bits per heavy atom. The van der Waals surface area contributed by atoms with Crippen molar-refractivity contribution in [1.29, 1.82) is 0 Å². The lowest BCUT2D eigenvalue weighted by Crippen LogP contribution is -2.42. The van der Waals surface area contributed by atoms with Crippen LogP contribution in [-0.2, 0) is 24.5 Å². The lowest BCUT2D eigenvalue weighted by molar-refractivity contribution is -0.144. The van der Waals surface area contributed by atoms with Crippen LogP contribution < -0.4 is 11.2 Å². The maximum absolute atomic E-state index is 12.8. The van der Waals surface area contributed by atoms with Gasteiger partial charge in [-0.3, -0.25) is 13.9 Å². The fraction of sp³-hybridized carbons (Fsp3) is 0.467. The fourth-order valence-corrected chi connectivity index (χ4v) is 2.49. The van der Waals surface area contributed by atoms with Crippen molar-refractivity contribution < 1.29 is 17.9 Å². The summed E-state index contributed by atoms with van der Waals surface area (Å²) >= 11 is 0. The van der Waals surface area contributed by atoms with Gasteiger partial charge in [0.25, 0.3) is 5.56 Å². The van der Waals surface area contributed by atoms with Gasteiger partial charge >= 0.3 is 11.9 Å². The van der Waals surface area contributed by atoms with E-state index in [9.17, 15) is 22.8 Å². The molecule has 1 aromatic heterocycles. The van der Waals surface area contributed by atoms with E-state index in [0.717, 1.165) is 18.0 Å². The highest BCUT2D eigenvalue weighted by Gasteiger charge is 2.34. The first-order valence-electron chi connectivity index (χ1n) is 7.04. The van der Waals surface area contributed by atoms with E-state index in [1.54, 1.807) is 0 Å². The van der Waals surface area contributed by atoms with Crippen LogP contribution in [0.15, 0.2) is 39.6 Å². The molecule has 2 rings (SSSR count). The van der Waals surface area contributed by atoms with Crippen LogP contribution in [0.3, 0.4) is 0 Å². The Labute approximate surface area is 130 Å². The third kappa shape index (κ3) is 3.75. The third-order valence-electron chi connectivity index (χ3n) is 3.78. The maximum atomic E-state index is 12.8. The standard InChI is InChI=1S/C15H17F3N2O3/c1-19-12(15(16,17)18)9-13(21)20(14(19)22)7-6-10-4-3-5-11(8-10)23-2/h3,5,8-10H,4,6-7H2,1-2H3. The first-order chi connectivity index (χ1) is 10.7. The Morgan fingerprint density at radius 3 is 2.65 bits per heavy atom. The van der Waals surface area contributed by atoms with Crippen LogP contribution in [0.4, 0.5) is 13.2 Å². The predicted octanol–water partition coefficient (Wildman–Crippen LogP) is 2.06. The molecule has 0 aromatic carbocycles. The van der Waals surface area contributed by atoms with Crippen LogP contribution in [0.1, 0.15) is 18.5 Å². The van der Waals surface area contributed by atoms with Crippen molar-refractivity contribution in [1.82, 2.24) is 9.13 Å². The van der Waals surface area contributed by atoms with Crippen LogP contribution in [0.2, 0.25) is 0 Å². The first-order valence-corrected chi connectivity index (χ1v) is 7.04. The number of allylic oxidation sites excluding steroid dienone is 3. The van der Waals surface area contributed by atoms with Crippen molar-refractivity contribution in [2.24, 2.45) is 13.0 Å². The van der Waals surface area contributed by atoms with E-state index in [1.165, 1.54) is 7.11 Å². The van der Waals surface area contributed by atoms with Gasteiger partial charge < -0.3 is 4.74 Å². The lowest BCUT2D eigenvalue weighted by atomic mass is 9.96. The Morgan fingerprint density at radius 2 is 2.04 bits per heavy atom. The van der Waals surface area contributed by atoms with E-state index >= 15 is 0 Å². The molecule has 23 heavy (non-hydrogen) atoms. The summed E-state index contributed by atoms with van der Waals surface area (Å²) < 4.78 is 44.7. The van der Waals surface area contributed by atoms with E-state index in [4.69, 9.17) is 4.74 Å². The van der Waals surface area contributed by atoms with E-state index < -0.39 is 23.1 Å². The van der Waals surface area contributed by atoms with Crippen LogP contribution in [0.25, 0.3) is 0 Å². The highest BCUT2D eigenvalue weighted by molar-refractivity contribution is 5.18. The SMILES string of the molecule is COC1=CC(CCn2c(=O)cc(C(F)(F)F)n(C)c2=O)CC=C1. The number of hydrogen-bond acceptors (Lipinski definition) is 3. The van der Waals surface area contributed by atoms with Crippen molar-refractivity contribution in [3.05, 3.63) is 56.6 Å². The van der Waals surface area contributed by atoms with Gasteiger partial charge in [0.1, 0.15) is 11.5 Å². The minimum atomic E-state index is -4.74. The summed E-state index contributed by atoms with van der Waals surface area (Å²) in [6.07, 6.45) is 2.05. The van der Waals surface area contributed by atoms with Gasteiger partial charge in [0.15, 0.2) is 0 Å². The van der Waals surface area contributed by atoms with Gasteiger partial charge in [0.2, 0.25) is 0 Å². The number of methoxy groups -OCH3 is 1. The minimum Gasteiger partial charge on any atom is -0.497 e. The molecule has 1 aliphatic carbocycles. The molecule has 126 valence electrons. The quantitative estimate of drug-likeness (QED) is 0.849. The summed E-state index contributed by atoms with van der Waals surface area (Å²) in [5.74, 6) is 0.753. The van der Waals surface area contributed by atoms with Gasteiger partial charge in [-0.05, 0) is 30.9 Å². The molecule has 0 radical (unpaired) electrons. The molecule has 0 saturated carbocycles. The predicted molar refractivity (Wildman–Crippen MR) is 77.9 cm³/mol. The van der Waals surface area contributed by atoms with E-state index in [-0.39, 0.29) is 12.5 Å². The van der Waals surface area contributed by atoms with E-state index in [0.29, 0.717) is 22.8 Å².